The first-order valence-corrected chi connectivity index (χ1v) is 7.56. The van der Waals surface area contributed by atoms with Crippen LogP contribution in [0, 0.1) is 0 Å². The normalized spacial score (nSPS) is 22.8. The van der Waals surface area contributed by atoms with Crippen LogP contribution in [0.3, 0.4) is 0 Å². The Hall–Kier alpha value is -0.710. The van der Waals surface area contributed by atoms with Gasteiger partial charge in [-0.3, -0.25) is 9.35 Å². The van der Waals surface area contributed by atoms with E-state index in [1.807, 2.05) is 0 Å². The van der Waals surface area contributed by atoms with Crippen molar-refractivity contribution >= 4 is 26.0 Å². The van der Waals surface area contributed by atoms with Gasteiger partial charge in [-0.25, -0.2) is 13.6 Å². The smallest absolute Gasteiger partial charge is 0.266 e. The second kappa shape index (κ2) is 4.28. The molecule has 1 atom stereocenters. The Bertz CT molecular complexity index is 481. The molecule has 94 valence electrons. The molecule has 1 aliphatic heterocycles. The van der Waals surface area contributed by atoms with Crippen LogP contribution in [0.25, 0.3) is 0 Å². The standard InChI is InChI=1S/C6H12N2O6S2/c7-16(13,14)5-3-6(9)8(4-5)1-2-15(10,11)12/h5H,1-4H2,(H2,7,13,14)(H,10,11,12). The van der Waals surface area contributed by atoms with Crippen LogP contribution >= 0.6 is 0 Å². The van der Waals surface area contributed by atoms with Gasteiger partial charge in [0.25, 0.3) is 10.1 Å². The van der Waals surface area contributed by atoms with Gasteiger partial charge in [-0.15, -0.1) is 0 Å². The van der Waals surface area contributed by atoms with E-state index < -0.39 is 37.1 Å². The van der Waals surface area contributed by atoms with Gasteiger partial charge in [-0.05, 0) is 0 Å². The third-order valence-electron chi connectivity index (χ3n) is 2.26. The second-order valence-electron chi connectivity index (χ2n) is 3.54. The molecular weight excluding hydrogens is 260 g/mol. The molecule has 0 saturated carbocycles. The number of rotatable bonds is 4. The number of hydrogen-bond donors (Lipinski definition) is 2. The third-order valence-corrected chi connectivity index (χ3v) is 4.21. The van der Waals surface area contributed by atoms with E-state index >= 15 is 0 Å². The number of hydrogen-bond acceptors (Lipinski definition) is 5. The predicted molar refractivity (Wildman–Crippen MR) is 54.5 cm³/mol. The van der Waals surface area contributed by atoms with Crippen molar-refractivity contribution in [2.75, 3.05) is 18.8 Å². The number of primary sulfonamides is 1. The highest BCUT2D eigenvalue weighted by Gasteiger charge is 2.36. The summed E-state index contributed by atoms with van der Waals surface area (Å²) in [5.41, 5.74) is 0. The van der Waals surface area contributed by atoms with Crippen LogP contribution in [0.1, 0.15) is 6.42 Å². The maximum atomic E-state index is 11.3. The Morgan fingerprint density at radius 3 is 2.31 bits per heavy atom. The average Bonchev–Trinajstić information content (AvgIpc) is 2.41. The van der Waals surface area contributed by atoms with Crippen molar-refractivity contribution in [1.82, 2.24) is 4.90 Å². The molecule has 0 aliphatic carbocycles. The molecule has 1 fully saturated rings. The van der Waals surface area contributed by atoms with Gasteiger partial charge in [0.15, 0.2) is 0 Å². The van der Waals surface area contributed by atoms with Crippen molar-refractivity contribution in [2.24, 2.45) is 5.14 Å². The zero-order chi connectivity index (χ0) is 12.6. The Kier molecular flexibility index (Phi) is 3.57. The van der Waals surface area contributed by atoms with Crippen LogP contribution in [-0.4, -0.2) is 56.3 Å². The minimum Gasteiger partial charge on any atom is -0.340 e. The molecule has 8 nitrogen and oxygen atoms in total. The first kappa shape index (κ1) is 13.4. The Morgan fingerprint density at radius 2 is 1.94 bits per heavy atom. The maximum Gasteiger partial charge on any atom is 0.266 e. The van der Waals surface area contributed by atoms with Crippen LogP contribution in [0.5, 0.6) is 0 Å². The highest BCUT2D eigenvalue weighted by atomic mass is 32.2. The van der Waals surface area contributed by atoms with E-state index in [4.69, 9.17) is 9.69 Å². The molecule has 1 aliphatic rings. The number of sulfonamides is 1. The molecular formula is C6H12N2O6S2. The summed E-state index contributed by atoms with van der Waals surface area (Å²) in [6.07, 6.45) is -0.246. The number of carbonyl (C=O) groups is 1. The summed E-state index contributed by atoms with van der Waals surface area (Å²) in [7, 11) is -7.96. The van der Waals surface area contributed by atoms with E-state index in [-0.39, 0.29) is 19.5 Å². The van der Waals surface area contributed by atoms with Gasteiger partial charge in [0.1, 0.15) is 5.25 Å². The summed E-state index contributed by atoms with van der Waals surface area (Å²) in [6.45, 7) is -0.364. The van der Waals surface area contributed by atoms with Crippen molar-refractivity contribution in [3.8, 4) is 0 Å². The van der Waals surface area contributed by atoms with Crippen LogP contribution in [0.2, 0.25) is 0 Å². The van der Waals surface area contributed by atoms with Gasteiger partial charge < -0.3 is 4.90 Å². The van der Waals surface area contributed by atoms with Crippen molar-refractivity contribution in [2.45, 2.75) is 11.7 Å². The zero-order valence-corrected chi connectivity index (χ0v) is 9.87. The number of carbonyl (C=O) groups excluding carboxylic acids is 1. The number of nitrogens with zero attached hydrogens (tertiary/aromatic N) is 1. The van der Waals surface area contributed by atoms with Gasteiger partial charge >= 0.3 is 0 Å². The van der Waals surface area contributed by atoms with Crippen LogP contribution in [-0.2, 0) is 24.9 Å². The lowest BCUT2D eigenvalue weighted by Crippen LogP contribution is -2.34. The van der Waals surface area contributed by atoms with Crippen molar-refractivity contribution in [3.05, 3.63) is 0 Å². The fraction of sp³-hybridized carbons (Fsp3) is 0.833. The molecule has 0 aromatic carbocycles. The van der Waals surface area contributed by atoms with Gasteiger partial charge in [0, 0.05) is 19.5 Å². The third kappa shape index (κ3) is 3.70. The predicted octanol–water partition coefficient (Wildman–Crippen LogP) is -2.24. The maximum absolute atomic E-state index is 11.3. The second-order valence-corrected chi connectivity index (χ2v) is 6.96. The van der Waals surface area contributed by atoms with Crippen molar-refractivity contribution in [1.29, 1.82) is 0 Å². The van der Waals surface area contributed by atoms with Gasteiger partial charge in [-0.1, -0.05) is 0 Å². The molecule has 1 rings (SSSR count). The van der Waals surface area contributed by atoms with Gasteiger partial charge in [0.2, 0.25) is 15.9 Å². The lowest BCUT2D eigenvalue weighted by atomic mass is 10.4. The summed E-state index contributed by atoms with van der Waals surface area (Å²) in [5.74, 6) is -1.10. The summed E-state index contributed by atoms with van der Waals surface area (Å²) < 4.78 is 51.3. The van der Waals surface area contributed by atoms with Crippen LogP contribution in [0.4, 0.5) is 0 Å². The molecule has 0 spiro atoms. The number of amides is 1. The van der Waals surface area contributed by atoms with Crippen molar-refractivity contribution < 1.29 is 26.2 Å². The minimum atomic E-state index is -4.16. The first-order valence-electron chi connectivity index (χ1n) is 4.34. The van der Waals surface area contributed by atoms with Crippen LogP contribution < -0.4 is 5.14 Å². The lowest BCUT2D eigenvalue weighted by molar-refractivity contribution is -0.127. The summed E-state index contributed by atoms with van der Waals surface area (Å²) in [5, 5.41) is 3.87. The lowest BCUT2D eigenvalue weighted by Gasteiger charge is -2.14. The van der Waals surface area contributed by atoms with Gasteiger partial charge in [0.05, 0.1) is 5.75 Å². The molecule has 0 aromatic rings. The molecule has 16 heavy (non-hydrogen) atoms. The summed E-state index contributed by atoms with van der Waals surface area (Å²) in [6, 6.07) is 0. The summed E-state index contributed by atoms with van der Waals surface area (Å²) >= 11 is 0. The number of likely N-dealkylation sites (tertiary alicyclic amines) is 1. The molecule has 1 heterocycles. The molecule has 1 saturated heterocycles. The van der Waals surface area contributed by atoms with E-state index in [2.05, 4.69) is 0 Å². The molecule has 1 amide bonds. The van der Waals surface area contributed by atoms with Gasteiger partial charge in [-0.2, -0.15) is 8.42 Å². The topological polar surface area (TPSA) is 135 Å². The molecule has 10 heteroatoms. The fourth-order valence-electron chi connectivity index (χ4n) is 1.40. The van der Waals surface area contributed by atoms with Crippen molar-refractivity contribution in [3.63, 3.8) is 0 Å². The summed E-state index contributed by atoms with van der Waals surface area (Å²) in [4.78, 5) is 12.3. The van der Waals surface area contributed by atoms with E-state index in [1.54, 1.807) is 0 Å². The minimum absolute atomic E-state index is 0.132. The quantitative estimate of drug-likeness (QED) is 0.556. The fourth-order valence-corrected chi connectivity index (χ4v) is 2.61. The monoisotopic (exact) mass is 272 g/mol. The highest BCUT2D eigenvalue weighted by molar-refractivity contribution is 7.89. The molecule has 3 N–H and O–H groups in total. The molecule has 1 unspecified atom stereocenters. The number of nitrogens with two attached hydrogens (primary N) is 1. The van der Waals surface area contributed by atoms with E-state index in [0.717, 1.165) is 4.90 Å². The zero-order valence-electron chi connectivity index (χ0n) is 8.24. The Labute approximate surface area is 93.2 Å². The molecule has 0 radical (unpaired) electrons. The SMILES string of the molecule is NS(=O)(=O)C1CC(=O)N(CCS(=O)(=O)O)C1. The average molecular weight is 272 g/mol. The first-order chi connectivity index (χ1) is 7.09. The van der Waals surface area contributed by atoms with E-state index in [0.29, 0.717) is 0 Å². The largest absolute Gasteiger partial charge is 0.340 e. The Morgan fingerprint density at radius 1 is 1.38 bits per heavy atom. The Balaban J connectivity index is 2.63. The van der Waals surface area contributed by atoms with E-state index in [9.17, 15) is 21.6 Å². The molecule has 0 bridgehead atoms. The molecule has 0 aromatic heterocycles. The van der Waals surface area contributed by atoms with E-state index in [1.165, 1.54) is 0 Å². The highest BCUT2D eigenvalue weighted by Crippen LogP contribution is 2.16. The van der Waals surface area contributed by atoms with Crippen LogP contribution in [0.15, 0.2) is 0 Å².